The first kappa shape index (κ1) is 14.1. The zero-order valence-corrected chi connectivity index (χ0v) is 11.5. The first-order chi connectivity index (χ1) is 7.91. The molecule has 0 N–H and O–H groups in total. The van der Waals surface area contributed by atoms with Crippen LogP contribution in [0.3, 0.4) is 0 Å². The molecule has 0 unspecified atom stereocenters. The van der Waals surface area contributed by atoms with Crippen LogP contribution in [0.15, 0.2) is 0 Å². The molecule has 0 aromatic heterocycles. The molecule has 1 aliphatic rings. The van der Waals surface area contributed by atoms with Crippen LogP contribution in [-0.4, -0.2) is 57.9 Å². The van der Waals surface area contributed by atoms with E-state index in [2.05, 4.69) is 4.90 Å². The Bertz CT molecular complexity index is 274. The van der Waals surface area contributed by atoms with Crippen molar-refractivity contribution in [3.05, 3.63) is 0 Å². The second kappa shape index (κ2) is 6.13. The van der Waals surface area contributed by atoms with Gasteiger partial charge in [-0.2, -0.15) is 0 Å². The highest BCUT2D eigenvalue weighted by atomic mass is 28.4. The van der Waals surface area contributed by atoms with E-state index >= 15 is 0 Å². The summed E-state index contributed by atoms with van der Waals surface area (Å²) in [5.74, 6) is -0.817. The minimum atomic E-state index is -2.79. The normalized spacial score (nSPS) is 17.6. The number of nitrogens with zero attached hydrogens (tertiary/aromatic N) is 1. The maximum absolute atomic E-state index is 11.1. The van der Waals surface area contributed by atoms with Crippen LogP contribution in [0.2, 0.25) is 6.55 Å². The molecule has 17 heavy (non-hydrogen) atoms. The van der Waals surface area contributed by atoms with E-state index in [4.69, 9.17) is 13.6 Å². The molecule has 1 saturated heterocycles. The lowest BCUT2D eigenvalue weighted by molar-refractivity contribution is -0.139. The molecule has 1 fully saturated rings. The molecule has 7 heteroatoms. The van der Waals surface area contributed by atoms with Gasteiger partial charge in [0.15, 0.2) is 0 Å². The zero-order chi connectivity index (χ0) is 12.9. The molecule has 98 valence electrons. The van der Waals surface area contributed by atoms with Gasteiger partial charge in [-0.05, 0) is 0 Å². The predicted molar refractivity (Wildman–Crippen MR) is 62.4 cm³/mol. The summed E-state index contributed by atoms with van der Waals surface area (Å²) in [6.07, 6.45) is 0.496. The number of hydrogen-bond donors (Lipinski definition) is 0. The lowest BCUT2D eigenvalue weighted by atomic mass is 10.5. The van der Waals surface area contributed by atoms with Crippen molar-refractivity contribution in [1.82, 2.24) is 4.90 Å². The Hall–Kier alpha value is -0.923. The van der Waals surface area contributed by atoms with E-state index in [1.54, 1.807) is 6.55 Å². The maximum atomic E-state index is 11.1. The molecule has 0 amide bonds. The quantitative estimate of drug-likeness (QED) is 0.667. The van der Waals surface area contributed by atoms with Crippen LogP contribution in [0.5, 0.6) is 0 Å². The fourth-order valence-corrected chi connectivity index (χ4v) is 4.37. The number of ether oxygens (including phenoxy) is 1. The molecule has 1 aliphatic heterocycles. The van der Waals surface area contributed by atoms with Crippen LogP contribution in [0.4, 0.5) is 0 Å². The summed E-state index contributed by atoms with van der Waals surface area (Å²) < 4.78 is 15.7. The van der Waals surface area contributed by atoms with Gasteiger partial charge in [0.1, 0.15) is 0 Å². The van der Waals surface area contributed by atoms with E-state index in [1.165, 1.54) is 13.8 Å². The largest absolute Gasteiger partial charge is 0.484 e. The van der Waals surface area contributed by atoms with Gasteiger partial charge in [0.05, 0.1) is 19.4 Å². The van der Waals surface area contributed by atoms with Gasteiger partial charge in [-0.25, -0.2) is 0 Å². The van der Waals surface area contributed by atoms with Crippen molar-refractivity contribution in [3.8, 4) is 0 Å². The molecular formula is C10H19NO5Si. The van der Waals surface area contributed by atoms with Crippen molar-refractivity contribution in [2.75, 3.05) is 32.5 Å². The molecule has 0 radical (unpaired) electrons. The van der Waals surface area contributed by atoms with E-state index < -0.39 is 20.5 Å². The third-order valence-corrected chi connectivity index (χ3v) is 4.79. The second-order valence-corrected chi connectivity index (χ2v) is 7.20. The minimum Gasteiger partial charge on any atom is -0.484 e. The van der Waals surface area contributed by atoms with Crippen LogP contribution >= 0.6 is 0 Å². The minimum absolute atomic E-state index is 0.409. The van der Waals surface area contributed by atoms with Gasteiger partial charge in [0.25, 0.3) is 11.9 Å². The number of carbonyl (C=O) groups is 2. The Balaban J connectivity index is 2.60. The van der Waals surface area contributed by atoms with Gasteiger partial charge in [-0.1, -0.05) is 0 Å². The van der Waals surface area contributed by atoms with E-state index in [0.717, 1.165) is 13.1 Å². The Kier molecular flexibility index (Phi) is 5.10. The van der Waals surface area contributed by atoms with Crippen LogP contribution in [0.25, 0.3) is 0 Å². The van der Waals surface area contributed by atoms with Crippen molar-refractivity contribution in [2.45, 2.75) is 20.4 Å². The molecule has 6 nitrogen and oxygen atoms in total. The highest BCUT2D eigenvalue weighted by molar-refractivity contribution is 6.69. The molecule has 0 atom stereocenters. The van der Waals surface area contributed by atoms with Gasteiger partial charge in [0, 0.05) is 33.5 Å². The zero-order valence-electron chi connectivity index (χ0n) is 10.5. The first-order valence-electron chi connectivity index (χ1n) is 5.60. The molecule has 0 aliphatic carbocycles. The highest BCUT2D eigenvalue weighted by Crippen LogP contribution is 2.12. The molecule has 1 rings (SSSR count). The van der Waals surface area contributed by atoms with Crippen molar-refractivity contribution in [1.29, 1.82) is 0 Å². The standard InChI is InChI=1S/C10H19NO5Si/c1-9(12)15-17(3,16-10(2)13)8-11-4-6-14-7-5-11/h4-8H2,1-3H3. The monoisotopic (exact) mass is 261 g/mol. The summed E-state index contributed by atoms with van der Waals surface area (Å²) in [6, 6.07) is 0. The fraction of sp³-hybridized carbons (Fsp3) is 0.800. The van der Waals surface area contributed by atoms with Crippen molar-refractivity contribution in [2.24, 2.45) is 0 Å². The highest BCUT2D eigenvalue weighted by Gasteiger charge is 2.40. The summed E-state index contributed by atoms with van der Waals surface area (Å²) in [7, 11) is -2.79. The lowest BCUT2D eigenvalue weighted by Crippen LogP contribution is -2.54. The third kappa shape index (κ3) is 5.29. The molecular weight excluding hydrogens is 242 g/mol. The van der Waals surface area contributed by atoms with Crippen LogP contribution in [0.1, 0.15) is 13.8 Å². The van der Waals surface area contributed by atoms with Gasteiger partial charge >= 0.3 is 8.56 Å². The smallest absolute Gasteiger partial charge is 0.475 e. The van der Waals surface area contributed by atoms with Crippen LogP contribution in [-0.2, 0) is 23.2 Å². The summed E-state index contributed by atoms with van der Waals surface area (Å²) in [5, 5.41) is 0. The SMILES string of the molecule is CC(=O)O[Si](C)(CN1CCOCC1)OC(C)=O. The number of morpholine rings is 1. The van der Waals surface area contributed by atoms with Gasteiger partial charge in [-0.3, -0.25) is 14.5 Å². The van der Waals surface area contributed by atoms with E-state index in [1.807, 2.05) is 0 Å². The second-order valence-electron chi connectivity index (χ2n) is 4.21. The molecule has 0 bridgehead atoms. The van der Waals surface area contributed by atoms with Crippen LogP contribution in [0, 0.1) is 0 Å². The van der Waals surface area contributed by atoms with Gasteiger partial charge in [-0.15, -0.1) is 0 Å². The van der Waals surface area contributed by atoms with Gasteiger partial charge < -0.3 is 13.6 Å². The van der Waals surface area contributed by atoms with Crippen molar-refractivity contribution < 1.29 is 23.2 Å². The van der Waals surface area contributed by atoms with Crippen molar-refractivity contribution in [3.63, 3.8) is 0 Å². The molecule has 0 aromatic carbocycles. The molecule has 0 spiro atoms. The van der Waals surface area contributed by atoms with Crippen LogP contribution < -0.4 is 0 Å². The average molecular weight is 261 g/mol. The van der Waals surface area contributed by atoms with Crippen molar-refractivity contribution >= 4 is 20.5 Å². The fourth-order valence-electron chi connectivity index (χ4n) is 1.86. The first-order valence-corrected chi connectivity index (χ1v) is 8.13. The van der Waals surface area contributed by atoms with E-state index in [0.29, 0.717) is 19.4 Å². The molecule has 1 heterocycles. The number of rotatable bonds is 4. The van der Waals surface area contributed by atoms with Gasteiger partial charge in [0.2, 0.25) is 0 Å². The average Bonchev–Trinajstić information content (AvgIpc) is 2.15. The van der Waals surface area contributed by atoms with E-state index in [9.17, 15) is 9.59 Å². The maximum Gasteiger partial charge on any atom is 0.475 e. The Morgan fingerprint density at radius 2 is 1.65 bits per heavy atom. The number of hydrogen-bond acceptors (Lipinski definition) is 6. The Morgan fingerprint density at radius 1 is 1.18 bits per heavy atom. The Morgan fingerprint density at radius 3 is 2.06 bits per heavy atom. The topological polar surface area (TPSA) is 65.1 Å². The Labute approximate surface area is 102 Å². The lowest BCUT2D eigenvalue weighted by Gasteiger charge is -2.33. The summed E-state index contributed by atoms with van der Waals surface area (Å²) in [6.45, 7) is 7.23. The third-order valence-electron chi connectivity index (χ3n) is 2.33. The summed E-state index contributed by atoms with van der Waals surface area (Å²) >= 11 is 0. The summed E-state index contributed by atoms with van der Waals surface area (Å²) in [5.41, 5.74) is 0. The molecule has 0 saturated carbocycles. The molecule has 0 aromatic rings. The van der Waals surface area contributed by atoms with E-state index in [-0.39, 0.29) is 0 Å². The number of carbonyl (C=O) groups excluding carboxylic acids is 2. The summed E-state index contributed by atoms with van der Waals surface area (Å²) in [4.78, 5) is 24.2. The predicted octanol–water partition coefficient (Wildman–Crippen LogP) is 0.0560.